The number of benzene rings is 3. The Morgan fingerprint density at radius 2 is 1.54 bits per heavy atom. The third-order valence-electron chi connectivity index (χ3n) is 7.07. The first kappa shape index (κ1) is 25.1. The largest absolute Gasteiger partial charge is 0.491 e. The van der Waals surface area contributed by atoms with E-state index < -0.39 is 11.6 Å². The van der Waals surface area contributed by atoms with Gasteiger partial charge in [0.05, 0.1) is 6.61 Å². The number of halogens is 3. The van der Waals surface area contributed by atoms with Gasteiger partial charge in [-0.2, -0.15) is 0 Å². The van der Waals surface area contributed by atoms with Gasteiger partial charge in [-0.05, 0) is 104 Å². The topological polar surface area (TPSA) is 9.23 Å². The van der Waals surface area contributed by atoms with Crippen LogP contribution in [0, 0.1) is 23.4 Å². The third-order valence-corrected chi connectivity index (χ3v) is 7.07. The van der Waals surface area contributed by atoms with Gasteiger partial charge in [0.25, 0.3) is 0 Å². The van der Waals surface area contributed by atoms with Gasteiger partial charge in [-0.25, -0.2) is 13.2 Å². The fourth-order valence-corrected chi connectivity index (χ4v) is 5.10. The van der Waals surface area contributed by atoms with Crippen LogP contribution in [0.3, 0.4) is 0 Å². The SMILES string of the molecule is CC=CC1CCC(c2ccc(CCc3ccc(-c4ccc(OCC)c(F)c4)cc3)c(F)c2F)CC1. The predicted octanol–water partition coefficient (Wildman–Crippen LogP) is 8.80. The van der Waals surface area contributed by atoms with E-state index in [0.29, 0.717) is 36.5 Å². The molecule has 1 aliphatic carbocycles. The van der Waals surface area contributed by atoms with Gasteiger partial charge >= 0.3 is 0 Å². The highest BCUT2D eigenvalue weighted by molar-refractivity contribution is 5.64. The molecule has 0 radical (unpaired) electrons. The Balaban J connectivity index is 1.39. The van der Waals surface area contributed by atoms with E-state index in [2.05, 4.69) is 12.2 Å². The number of aryl methyl sites for hydroxylation is 2. The maximum atomic E-state index is 14.9. The quantitative estimate of drug-likeness (QED) is 0.294. The van der Waals surface area contributed by atoms with Crippen LogP contribution in [-0.4, -0.2) is 6.61 Å². The Bertz CT molecular complexity index is 1160. The molecule has 0 bridgehead atoms. The molecule has 0 amide bonds. The monoisotopic (exact) mass is 478 g/mol. The van der Waals surface area contributed by atoms with E-state index in [0.717, 1.165) is 42.4 Å². The van der Waals surface area contributed by atoms with Crippen LogP contribution in [-0.2, 0) is 12.8 Å². The molecule has 3 aromatic rings. The summed E-state index contributed by atoms with van der Waals surface area (Å²) in [6.07, 6.45) is 9.17. The van der Waals surface area contributed by atoms with E-state index in [1.54, 1.807) is 18.2 Å². The Morgan fingerprint density at radius 1 is 0.829 bits per heavy atom. The van der Waals surface area contributed by atoms with Gasteiger partial charge in [-0.1, -0.05) is 54.6 Å². The molecule has 0 N–H and O–H groups in total. The van der Waals surface area contributed by atoms with Crippen LogP contribution in [0.15, 0.2) is 66.7 Å². The van der Waals surface area contributed by atoms with Gasteiger partial charge < -0.3 is 4.74 Å². The number of rotatable bonds is 8. The molecule has 3 aromatic carbocycles. The molecule has 1 saturated carbocycles. The van der Waals surface area contributed by atoms with Crippen LogP contribution in [0.25, 0.3) is 11.1 Å². The predicted molar refractivity (Wildman–Crippen MR) is 136 cm³/mol. The Morgan fingerprint density at radius 3 is 2.20 bits per heavy atom. The zero-order valence-corrected chi connectivity index (χ0v) is 20.5. The molecule has 0 aliphatic heterocycles. The fraction of sp³-hybridized carbons (Fsp3) is 0.355. The number of hydrogen-bond donors (Lipinski definition) is 0. The van der Waals surface area contributed by atoms with Crippen molar-refractivity contribution in [3.05, 3.63) is 101 Å². The molecule has 0 aromatic heterocycles. The molecule has 0 atom stereocenters. The summed E-state index contributed by atoms with van der Waals surface area (Å²) < 4.78 is 49.3. The zero-order chi connectivity index (χ0) is 24.8. The summed E-state index contributed by atoms with van der Waals surface area (Å²) in [6.45, 7) is 4.26. The molecule has 4 heteroatoms. The van der Waals surface area contributed by atoms with Crippen LogP contribution in [0.2, 0.25) is 0 Å². The van der Waals surface area contributed by atoms with E-state index in [1.165, 1.54) is 6.07 Å². The Hall–Kier alpha value is -3.01. The van der Waals surface area contributed by atoms with Crippen molar-refractivity contribution >= 4 is 0 Å². The van der Waals surface area contributed by atoms with Crippen LogP contribution < -0.4 is 4.74 Å². The van der Waals surface area contributed by atoms with Crippen molar-refractivity contribution < 1.29 is 17.9 Å². The summed E-state index contributed by atoms with van der Waals surface area (Å²) in [5.41, 5.74) is 3.61. The van der Waals surface area contributed by atoms with Crippen LogP contribution >= 0.6 is 0 Å². The minimum atomic E-state index is -0.709. The van der Waals surface area contributed by atoms with Gasteiger partial charge in [0.1, 0.15) is 0 Å². The lowest BCUT2D eigenvalue weighted by Gasteiger charge is -2.27. The van der Waals surface area contributed by atoms with Crippen LogP contribution in [0.1, 0.15) is 62.1 Å². The second-order valence-corrected chi connectivity index (χ2v) is 9.35. The van der Waals surface area contributed by atoms with Crippen molar-refractivity contribution in [3.8, 4) is 16.9 Å². The fourth-order valence-electron chi connectivity index (χ4n) is 5.10. The third kappa shape index (κ3) is 5.98. The number of allylic oxidation sites excluding steroid dienone is 2. The van der Waals surface area contributed by atoms with E-state index >= 15 is 0 Å². The first-order chi connectivity index (χ1) is 17.0. The minimum absolute atomic E-state index is 0.0973. The lowest BCUT2D eigenvalue weighted by molar-refractivity contribution is 0.321. The molecule has 4 rings (SSSR count). The van der Waals surface area contributed by atoms with Crippen molar-refractivity contribution in [2.24, 2.45) is 5.92 Å². The molecule has 1 nitrogen and oxygen atoms in total. The molecule has 35 heavy (non-hydrogen) atoms. The lowest BCUT2D eigenvalue weighted by Crippen LogP contribution is -2.14. The molecule has 1 fully saturated rings. The summed E-state index contributed by atoms with van der Waals surface area (Å²) in [6, 6.07) is 16.2. The molecule has 1 aliphatic rings. The Labute approximate surface area is 206 Å². The normalized spacial score (nSPS) is 18.2. The van der Waals surface area contributed by atoms with E-state index in [1.807, 2.05) is 44.2 Å². The van der Waals surface area contributed by atoms with Crippen molar-refractivity contribution in [2.75, 3.05) is 6.61 Å². The summed E-state index contributed by atoms with van der Waals surface area (Å²) in [7, 11) is 0. The molecule has 184 valence electrons. The zero-order valence-electron chi connectivity index (χ0n) is 20.5. The first-order valence-corrected chi connectivity index (χ1v) is 12.6. The summed E-state index contributed by atoms with van der Waals surface area (Å²) >= 11 is 0. The van der Waals surface area contributed by atoms with E-state index in [9.17, 15) is 13.2 Å². The Kier molecular flexibility index (Phi) is 8.33. The maximum absolute atomic E-state index is 14.9. The molecule has 0 unspecified atom stereocenters. The minimum Gasteiger partial charge on any atom is -0.491 e. The van der Waals surface area contributed by atoms with Gasteiger partial charge in [-0.3, -0.25) is 0 Å². The average Bonchev–Trinajstić information content (AvgIpc) is 2.87. The molecule has 0 heterocycles. The van der Waals surface area contributed by atoms with Crippen molar-refractivity contribution in [3.63, 3.8) is 0 Å². The van der Waals surface area contributed by atoms with Gasteiger partial charge in [-0.15, -0.1) is 0 Å². The van der Waals surface area contributed by atoms with Crippen LogP contribution in [0.5, 0.6) is 5.75 Å². The molecular formula is C31H33F3O. The summed E-state index contributed by atoms with van der Waals surface area (Å²) in [4.78, 5) is 0. The van der Waals surface area contributed by atoms with Crippen molar-refractivity contribution in [1.29, 1.82) is 0 Å². The standard InChI is InChI=1S/C31H33F3O/c1-3-5-21-8-13-24(14-9-21)27-18-16-25(30(33)31(27)34)15-10-22-6-11-23(12-7-22)26-17-19-29(35-4-2)28(32)20-26/h3,5-7,11-12,16-21,24H,4,8-10,13-15H2,1-2H3. The highest BCUT2D eigenvalue weighted by atomic mass is 19.2. The van der Waals surface area contributed by atoms with E-state index in [4.69, 9.17) is 4.74 Å². The smallest absolute Gasteiger partial charge is 0.165 e. The maximum Gasteiger partial charge on any atom is 0.165 e. The van der Waals surface area contributed by atoms with Crippen LogP contribution in [0.4, 0.5) is 13.2 Å². The lowest BCUT2D eigenvalue weighted by atomic mass is 9.78. The molecule has 0 saturated heterocycles. The summed E-state index contributed by atoms with van der Waals surface area (Å²) in [5.74, 6) is -0.873. The first-order valence-electron chi connectivity index (χ1n) is 12.6. The van der Waals surface area contributed by atoms with Gasteiger partial charge in [0.15, 0.2) is 23.2 Å². The van der Waals surface area contributed by atoms with Crippen molar-refractivity contribution in [1.82, 2.24) is 0 Å². The highest BCUT2D eigenvalue weighted by Crippen LogP contribution is 2.38. The number of hydrogen-bond acceptors (Lipinski definition) is 1. The van der Waals surface area contributed by atoms with E-state index in [-0.39, 0.29) is 17.5 Å². The average molecular weight is 479 g/mol. The molecule has 0 spiro atoms. The second kappa shape index (κ2) is 11.6. The second-order valence-electron chi connectivity index (χ2n) is 9.35. The number of ether oxygens (including phenoxy) is 1. The molecular weight excluding hydrogens is 445 g/mol. The summed E-state index contributed by atoms with van der Waals surface area (Å²) in [5, 5.41) is 0. The van der Waals surface area contributed by atoms with Gasteiger partial charge in [0.2, 0.25) is 0 Å². The van der Waals surface area contributed by atoms with Gasteiger partial charge in [0, 0.05) is 0 Å². The highest BCUT2D eigenvalue weighted by Gasteiger charge is 2.25. The van der Waals surface area contributed by atoms with Crippen molar-refractivity contribution in [2.45, 2.75) is 58.3 Å².